The SMILES string of the molecule is OC1CCC(CNc2ccnc(F)c2)C1. The van der Waals surface area contributed by atoms with E-state index in [0.29, 0.717) is 5.92 Å². The highest BCUT2D eigenvalue weighted by atomic mass is 19.1. The summed E-state index contributed by atoms with van der Waals surface area (Å²) in [6, 6.07) is 3.12. The van der Waals surface area contributed by atoms with E-state index in [1.807, 2.05) is 0 Å². The van der Waals surface area contributed by atoms with Gasteiger partial charge in [0.2, 0.25) is 5.95 Å². The van der Waals surface area contributed by atoms with Gasteiger partial charge in [-0.1, -0.05) is 0 Å². The maximum absolute atomic E-state index is 12.7. The first-order chi connectivity index (χ1) is 7.24. The van der Waals surface area contributed by atoms with E-state index in [4.69, 9.17) is 0 Å². The molecule has 2 N–H and O–H groups in total. The van der Waals surface area contributed by atoms with Crippen LogP contribution in [0.3, 0.4) is 0 Å². The van der Waals surface area contributed by atoms with Gasteiger partial charge in [-0.25, -0.2) is 4.98 Å². The Bertz CT molecular complexity index is 332. The van der Waals surface area contributed by atoms with E-state index in [-0.39, 0.29) is 6.10 Å². The number of hydrogen-bond donors (Lipinski definition) is 2. The Morgan fingerprint density at radius 1 is 1.53 bits per heavy atom. The zero-order valence-corrected chi connectivity index (χ0v) is 8.49. The maximum Gasteiger partial charge on any atom is 0.214 e. The van der Waals surface area contributed by atoms with Gasteiger partial charge in [0.25, 0.3) is 0 Å². The molecule has 0 saturated heterocycles. The van der Waals surface area contributed by atoms with Crippen LogP contribution in [0.25, 0.3) is 0 Å². The Morgan fingerprint density at radius 3 is 3.07 bits per heavy atom. The van der Waals surface area contributed by atoms with Gasteiger partial charge in [0.15, 0.2) is 0 Å². The number of nitrogens with one attached hydrogen (secondary N) is 1. The van der Waals surface area contributed by atoms with Crippen LogP contribution in [0.2, 0.25) is 0 Å². The Labute approximate surface area is 88.3 Å². The highest BCUT2D eigenvalue weighted by Crippen LogP contribution is 2.25. The fourth-order valence-electron chi connectivity index (χ4n) is 2.01. The van der Waals surface area contributed by atoms with Crippen LogP contribution in [0.15, 0.2) is 18.3 Å². The van der Waals surface area contributed by atoms with Crippen LogP contribution in [0.5, 0.6) is 0 Å². The summed E-state index contributed by atoms with van der Waals surface area (Å²) in [6.45, 7) is 0.792. The van der Waals surface area contributed by atoms with E-state index in [1.54, 1.807) is 6.07 Å². The van der Waals surface area contributed by atoms with Gasteiger partial charge in [-0.3, -0.25) is 0 Å². The normalized spacial score (nSPS) is 25.5. The van der Waals surface area contributed by atoms with E-state index in [9.17, 15) is 9.50 Å². The summed E-state index contributed by atoms with van der Waals surface area (Å²) in [7, 11) is 0. The van der Waals surface area contributed by atoms with Crippen molar-refractivity contribution < 1.29 is 9.50 Å². The molecule has 0 amide bonds. The van der Waals surface area contributed by atoms with Crippen molar-refractivity contribution in [1.82, 2.24) is 4.98 Å². The number of rotatable bonds is 3. The summed E-state index contributed by atoms with van der Waals surface area (Å²) in [6.07, 6.45) is 4.08. The van der Waals surface area contributed by atoms with Crippen molar-refractivity contribution in [2.75, 3.05) is 11.9 Å². The molecule has 0 bridgehead atoms. The minimum Gasteiger partial charge on any atom is -0.393 e. The second-order valence-corrected chi connectivity index (χ2v) is 4.08. The summed E-state index contributed by atoms with van der Waals surface area (Å²) < 4.78 is 12.7. The Balaban J connectivity index is 1.83. The lowest BCUT2D eigenvalue weighted by molar-refractivity contribution is 0.178. The molecule has 0 spiro atoms. The van der Waals surface area contributed by atoms with Gasteiger partial charge in [-0.15, -0.1) is 0 Å². The van der Waals surface area contributed by atoms with Crippen LogP contribution in [-0.4, -0.2) is 22.7 Å². The van der Waals surface area contributed by atoms with Crippen molar-refractivity contribution in [1.29, 1.82) is 0 Å². The number of halogens is 1. The average Bonchev–Trinajstić information content (AvgIpc) is 2.62. The van der Waals surface area contributed by atoms with Gasteiger partial charge in [-0.2, -0.15) is 4.39 Å². The summed E-state index contributed by atoms with van der Waals surface area (Å²) in [5, 5.41) is 12.5. The zero-order valence-electron chi connectivity index (χ0n) is 8.49. The first-order valence-corrected chi connectivity index (χ1v) is 5.27. The van der Waals surface area contributed by atoms with Crippen LogP contribution in [0, 0.1) is 11.9 Å². The van der Waals surface area contributed by atoms with Crippen LogP contribution < -0.4 is 5.32 Å². The maximum atomic E-state index is 12.7. The van der Waals surface area contributed by atoms with Gasteiger partial charge in [0.05, 0.1) is 6.10 Å². The molecule has 4 heteroatoms. The zero-order chi connectivity index (χ0) is 10.7. The molecule has 2 unspecified atom stereocenters. The number of aromatic nitrogens is 1. The molecule has 3 nitrogen and oxygen atoms in total. The van der Waals surface area contributed by atoms with Gasteiger partial charge >= 0.3 is 0 Å². The Kier molecular flexibility index (Phi) is 3.16. The monoisotopic (exact) mass is 210 g/mol. The molecule has 1 aromatic heterocycles. The highest BCUT2D eigenvalue weighted by Gasteiger charge is 2.22. The van der Waals surface area contributed by atoms with Crippen LogP contribution >= 0.6 is 0 Å². The molecule has 2 atom stereocenters. The minimum atomic E-state index is -0.466. The Morgan fingerprint density at radius 2 is 2.40 bits per heavy atom. The molecule has 0 aliphatic heterocycles. The predicted molar refractivity (Wildman–Crippen MR) is 56.0 cm³/mol. The number of aliphatic hydroxyl groups is 1. The molecule has 1 aliphatic carbocycles. The van der Waals surface area contributed by atoms with E-state index in [2.05, 4.69) is 10.3 Å². The van der Waals surface area contributed by atoms with E-state index >= 15 is 0 Å². The third-order valence-electron chi connectivity index (χ3n) is 2.83. The molecule has 0 aromatic carbocycles. The fraction of sp³-hybridized carbons (Fsp3) is 0.545. The Hall–Kier alpha value is -1.16. The largest absolute Gasteiger partial charge is 0.393 e. The smallest absolute Gasteiger partial charge is 0.214 e. The molecule has 1 saturated carbocycles. The van der Waals surface area contributed by atoms with Crippen molar-refractivity contribution in [2.45, 2.75) is 25.4 Å². The number of anilines is 1. The number of aliphatic hydroxyl groups excluding tert-OH is 1. The summed E-state index contributed by atoms with van der Waals surface area (Å²) >= 11 is 0. The molecule has 1 aliphatic rings. The predicted octanol–water partition coefficient (Wildman–Crippen LogP) is 1.79. The lowest BCUT2D eigenvalue weighted by atomic mass is 10.1. The summed E-state index contributed by atoms with van der Waals surface area (Å²) in [4.78, 5) is 3.48. The molecule has 1 heterocycles. The number of nitrogens with zero attached hydrogens (tertiary/aromatic N) is 1. The van der Waals surface area contributed by atoms with Crippen molar-refractivity contribution in [2.24, 2.45) is 5.92 Å². The van der Waals surface area contributed by atoms with Crippen LogP contribution in [-0.2, 0) is 0 Å². The minimum absolute atomic E-state index is 0.147. The lowest BCUT2D eigenvalue weighted by Crippen LogP contribution is -2.12. The fourth-order valence-corrected chi connectivity index (χ4v) is 2.01. The van der Waals surface area contributed by atoms with Crippen molar-refractivity contribution >= 4 is 5.69 Å². The van der Waals surface area contributed by atoms with E-state index in [0.717, 1.165) is 31.5 Å². The first kappa shape index (κ1) is 10.4. The molecule has 0 radical (unpaired) electrons. The quantitative estimate of drug-likeness (QED) is 0.748. The van der Waals surface area contributed by atoms with Gasteiger partial charge < -0.3 is 10.4 Å². The van der Waals surface area contributed by atoms with Crippen molar-refractivity contribution in [3.63, 3.8) is 0 Å². The molecular formula is C11H15FN2O. The van der Waals surface area contributed by atoms with Crippen molar-refractivity contribution in [3.8, 4) is 0 Å². The summed E-state index contributed by atoms with van der Waals surface area (Å²) in [5.41, 5.74) is 0.754. The van der Waals surface area contributed by atoms with Crippen molar-refractivity contribution in [3.05, 3.63) is 24.3 Å². The van der Waals surface area contributed by atoms with Crippen LogP contribution in [0.4, 0.5) is 10.1 Å². The first-order valence-electron chi connectivity index (χ1n) is 5.27. The van der Waals surface area contributed by atoms with E-state index in [1.165, 1.54) is 12.3 Å². The van der Waals surface area contributed by atoms with Gasteiger partial charge in [0, 0.05) is 24.5 Å². The van der Waals surface area contributed by atoms with Gasteiger partial charge in [-0.05, 0) is 31.2 Å². The second-order valence-electron chi connectivity index (χ2n) is 4.08. The molecular weight excluding hydrogens is 195 g/mol. The topological polar surface area (TPSA) is 45.1 Å². The highest BCUT2D eigenvalue weighted by molar-refractivity contribution is 5.41. The van der Waals surface area contributed by atoms with E-state index < -0.39 is 5.95 Å². The third-order valence-corrected chi connectivity index (χ3v) is 2.83. The molecule has 82 valence electrons. The second kappa shape index (κ2) is 4.57. The van der Waals surface area contributed by atoms with Gasteiger partial charge in [0.1, 0.15) is 0 Å². The number of hydrogen-bond acceptors (Lipinski definition) is 3. The molecule has 1 fully saturated rings. The third kappa shape index (κ3) is 2.89. The average molecular weight is 210 g/mol. The lowest BCUT2D eigenvalue weighted by Gasteiger charge is -2.11. The number of pyridine rings is 1. The molecule has 1 aromatic rings. The standard InChI is InChI=1S/C11H15FN2O/c12-11-6-9(3-4-13-11)14-7-8-1-2-10(15)5-8/h3-4,6,8,10,15H,1-2,5,7H2,(H,13,14). The van der Waals surface area contributed by atoms with Crippen LogP contribution in [0.1, 0.15) is 19.3 Å². The molecule has 2 rings (SSSR count). The summed E-state index contributed by atoms with van der Waals surface area (Å²) in [5.74, 6) is 0.0303. The molecule has 15 heavy (non-hydrogen) atoms.